The van der Waals surface area contributed by atoms with Crippen LogP contribution in [0, 0.1) is 13.8 Å². The molecule has 0 spiro atoms. The van der Waals surface area contributed by atoms with E-state index in [1.807, 2.05) is 0 Å². The van der Waals surface area contributed by atoms with Gasteiger partial charge in [-0.25, -0.2) is 0 Å². The van der Waals surface area contributed by atoms with Crippen molar-refractivity contribution in [2.24, 2.45) is 5.73 Å². The van der Waals surface area contributed by atoms with Crippen molar-refractivity contribution in [1.82, 2.24) is 4.90 Å². The third-order valence-corrected chi connectivity index (χ3v) is 3.49. The second-order valence-electron chi connectivity index (χ2n) is 5.15. The number of ether oxygens (including phenoxy) is 2. The largest absolute Gasteiger partial charge is 0.492 e. The van der Waals surface area contributed by atoms with E-state index < -0.39 is 0 Å². The van der Waals surface area contributed by atoms with Gasteiger partial charge in [0.15, 0.2) is 0 Å². The predicted octanol–water partition coefficient (Wildman–Crippen LogP) is 1.76. The summed E-state index contributed by atoms with van der Waals surface area (Å²) in [4.78, 5) is 2.35. The summed E-state index contributed by atoms with van der Waals surface area (Å²) in [6.07, 6.45) is 0.175. The molecule has 114 valence electrons. The molecule has 1 atom stereocenters. The molecule has 2 rings (SSSR count). The highest BCUT2D eigenvalue weighted by Gasteiger charge is 2.18. The minimum Gasteiger partial charge on any atom is -0.492 e. The molecule has 4 nitrogen and oxygen atoms in total. The van der Waals surface area contributed by atoms with Crippen LogP contribution in [-0.2, 0) is 4.74 Å². The van der Waals surface area contributed by atoms with Crippen LogP contribution in [-0.4, -0.2) is 50.4 Å². The van der Waals surface area contributed by atoms with Gasteiger partial charge in [0.25, 0.3) is 0 Å². The average molecular weight is 301 g/mol. The molecule has 20 heavy (non-hydrogen) atoms. The summed E-state index contributed by atoms with van der Waals surface area (Å²) in [5.74, 6) is 0.989. The monoisotopic (exact) mass is 300 g/mol. The zero-order valence-corrected chi connectivity index (χ0v) is 13.1. The first kappa shape index (κ1) is 17.2. The van der Waals surface area contributed by atoms with Crippen molar-refractivity contribution in [3.63, 3.8) is 0 Å². The number of hydrogen-bond acceptors (Lipinski definition) is 4. The summed E-state index contributed by atoms with van der Waals surface area (Å²) in [5.41, 5.74) is 8.06. The Labute approximate surface area is 127 Å². The smallest absolute Gasteiger partial charge is 0.122 e. The highest BCUT2D eigenvalue weighted by atomic mass is 35.5. The van der Waals surface area contributed by atoms with Crippen LogP contribution in [0.5, 0.6) is 5.75 Å². The lowest BCUT2D eigenvalue weighted by atomic mass is 10.1. The normalized spacial score (nSPS) is 19.4. The number of nitrogens with two attached hydrogens (primary N) is 1. The van der Waals surface area contributed by atoms with Crippen LogP contribution in [0.4, 0.5) is 0 Å². The van der Waals surface area contributed by atoms with E-state index in [0.29, 0.717) is 13.2 Å². The Morgan fingerprint density at radius 3 is 2.95 bits per heavy atom. The minimum absolute atomic E-state index is 0. The molecule has 1 heterocycles. The number of rotatable bonds is 5. The van der Waals surface area contributed by atoms with Crippen LogP contribution in [0.2, 0.25) is 0 Å². The molecule has 1 aromatic rings. The van der Waals surface area contributed by atoms with Gasteiger partial charge in [0.1, 0.15) is 12.4 Å². The molecule has 1 unspecified atom stereocenters. The summed E-state index contributed by atoms with van der Waals surface area (Å²) < 4.78 is 11.4. The summed E-state index contributed by atoms with van der Waals surface area (Å²) in [6.45, 7) is 9.03. The van der Waals surface area contributed by atoms with E-state index in [9.17, 15) is 0 Å². The van der Waals surface area contributed by atoms with Crippen molar-refractivity contribution < 1.29 is 9.47 Å². The van der Waals surface area contributed by atoms with Crippen LogP contribution in [0.3, 0.4) is 0 Å². The van der Waals surface area contributed by atoms with Crippen molar-refractivity contribution in [1.29, 1.82) is 0 Å². The lowest BCUT2D eigenvalue weighted by Gasteiger charge is -2.32. The van der Waals surface area contributed by atoms with Gasteiger partial charge in [0.2, 0.25) is 0 Å². The van der Waals surface area contributed by atoms with Gasteiger partial charge in [0.05, 0.1) is 12.7 Å². The van der Waals surface area contributed by atoms with E-state index in [4.69, 9.17) is 15.2 Å². The number of hydrogen-bond donors (Lipinski definition) is 1. The highest BCUT2D eigenvalue weighted by Crippen LogP contribution is 2.19. The van der Waals surface area contributed by atoms with Crippen LogP contribution in [0.25, 0.3) is 0 Å². The summed E-state index contributed by atoms with van der Waals surface area (Å²) in [6, 6.07) is 6.30. The Hall–Kier alpha value is -0.810. The van der Waals surface area contributed by atoms with Crippen LogP contribution >= 0.6 is 12.4 Å². The maximum Gasteiger partial charge on any atom is 0.122 e. The van der Waals surface area contributed by atoms with E-state index >= 15 is 0 Å². The molecule has 1 saturated heterocycles. The van der Waals surface area contributed by atoms with Gasteiger partial charge in [-0.1, -0.05) is 12.1 Å². The molecule has 1 fully saturated rings. The van der Waals surface area contributed by atoms with Crippen LogP contribution < -0.4 is 10.5 Å². The van der Waals surface area contributed by atoms with E-state index in [1.54, 1.807) is 0 Å². The second-order valence-corrected chi connectivity index (χ2v) is 5.15. The molecule has 0 aromatic heterocycles. The first-order valence-electron chi connectivity index (χ1n) is 6.93. The minimum atomic E-state index is 0. The maximum atomic E-state index is 5.88. The zero-order valence-electron chi connectivity index (χ0n) is 12.3. The van der Waals surface area contributed by atoms with Crippen molar-refractivity contribution in [3.05, 3.63) is 29.3 Å². The van der Waals surface area contributed by atoms with E-state index in [2.05, 4.69) is 36.9 Å². The van der Waals surface area contributed by atoms with Gasteiger partial charge in [-0.05, 0) is 31.0 Å². The summed E-state index contributed by atoms with van der Waals surface area (Å²) in [5, 5.41) is 0. The predicted molar refractivity (Wildman–Crippen MR) is 83.9 cm³/mol. The fourth-order valence-corrected chi connectivity index (χ4v) is 2.27. The lowest BCUT2D eigenvalue weighted by Crippen LogP contribution is -2.46. The molecular formula is C15H25ClN2O2. The fourth-order valence-electron chi connectivity index (χ4n) is 2.27. The number of halogens is 1. The van der Waals surface area contributed by atoms with E-state index in [0.717, 1.165) is 32.0 Å². The van der Waals surface area contributed by atoms with Crippen LogP contribution in [0.1, 0.15) is 11.1 Å². The first-order valence-corrected chi connectivity index (χ1v) is 6.93. The Morgan fingerprint density at radius 2 is 2.20 bits per heavy atom. The molecule has 1 aromatic carbocycles. The molecule has 0 radical (unpaired) electrons. The Morgan fingerprint density at radius 1 is 1.40 bits per heavy atom. The number of morpholine rings is 1. The molecule has 5 heteroatoms. The second kappa shape index (κ2) is 8.47. The molecule has 0 bridgehead atoms. The summed E-state index contributed by atoms with van der Waals surface area (Å²) in [7, 11) is 0. The molecule has 1 aliphatic rings. The average Bonchev–Trinajstić information content (AvgIpc) is 2.43. The topological polar surface area (TPSA) is 47.7 Å². The van der Waals surface area contributed by atoms with Gasteiger partial charge in [-0.3, -0.25) is 4.90 Å². The van der Waals surface area contributed by atoms with E-state index in [-0.39, 0.29) is 18.5 Å². The highest BCUT2D eigenvalue weighted by molar-refractivity contribution is 5.85. The van der Waals surface area contributed by atoms with Crippen molar-refractivity contribution >= 4 is 12.4 Å². The van der Waals surface area contributed by atoms with Gasteiger partial charge in [0, 0.05) is 26.2 Å². The molecule has 0 aliphatic carbocycles. The lowest BCUT2D eigenvalue weighted by molar-refractivity contribution is -0.0261. The van der Waals surface area contributed by atoms with E-state index in [1.165, 1.54) is 11.1 Å². The van der Waals surface area contributed by atoms with Crippen molar-refractivity contribution in [2.45, 2.75) is 20.0 Å². The standard InChI is InChI=1S/C15H24N2O2.ClH/c1-12-3-4-13(2)15(9-12)19-8-6-17-5-7-18-14(10-16)11-17;/h3-4,9,14H,5-8,10-11,16H2,1-2H3;1H. The summed E-state index contributed by atoms with van der Waals surface area (Å²) >= 11 is 0. The number of benzene rings is 1. The first-order chi connectivity index (χ1) is 9.19. The van der Waals surface area contributed by atoms with Gasteiger partial charge in [-0.2, -0.15) is 0 Å². The van der Waals surface area contributed by atoms with Gasteiger partial charge >= 0.3 is 0 Å². The fraction of sp³-hybridized carbons (Fsp3) is 0.600. The Bertz CT molecular complexity index is 415. The molecule has 0 amide bonds. The van der Waals surface area contributed by atoms with Crippen molar-refractivity contribution in [3.8, 4) is 5.75 Å². The Kier molecular flexibility index (Phi) is 7.30. The van der Waals surface area contributed by atoms with Gasteiger partial charge in [-0.15, -0.1) is 12.4 Å². The molecule has 2 N–H and O–H groups in total. The SMILES string of the molecule is Cc1ccc(C)c(OCCN2CCOC(CN)C2)c1.Cl. The molecule has 0 saturated carbocycles. The van der Waals surface area contributed by atoms with Gasteiger partial charge < -0.3 is 15.2 Å². The maximum absolute atomic E-state index is 5.88. The molecular weight excluding hydrogens is 276 g/mol. The number of aryl methyl sites for hydroxylation is 2. The molecule has 1 aliphatic heterocycles. The van der Waals surface area contributed by atoms with Crippen LogP contribution in [0.15, 0.2) is 18.2 Å². The zero-order chi connectivity index (χ0) is 13.7. The number of nitrogens with zero attached hydrogens (tertiary/aromatic N) is 1. The third kappa shape index (κ3) is 4.94. The Balaban J connectivity index is 0.00000200. The van der Waals surface area contributed by atoms with Crippen molar-refractivity contribution in [2.75, 3.05) is 39.4 Å². The third-order valence-electron chi connectivity index (χ3n) is 3.49. The quantitative estimate of drug-likeness (QED) is 0.900.